The summed E-state index contributed by atoms with van der Waals surface area (Å²) < 4.78 is 12.9. The van der Waals surface area contributed by atoms with Gasteiger partial charge in [0.15, 0.2) is 0 Å². The number of rotatable bonds is 2. The Bertz CT molecular complexity index is 554. The molecular formula is C12H12ClFN2O4. The molecule has 0 spiro atoms. The van der Waals surface area contributed by atoms with Gasteiger partial charge in [-0.25, -0.2) is 14.0 Å². The Hall–Kier alpha value is -1.86. The Morgan fingerprint density at radius 2 is 2.15 bits per heavy atom. The van der Waals surface area contributed by atoms with Crippen LogP contribution in [0.1, 0.15) is 6.42 Å². The molecule has 1 aromatic rings. The highest BCUT2D eigenvalue weighted by atomic mass is 35.5. The first-order valence-corrected chi connectivity index (χ1v) is 6.20. The van der Waals surface area contributed by atoms with E-state index in [0.717, 1.165) is 17.0 Å². The predicted octanol–water partition coefficient (Wildman–Crippen LogP) is 1.53. The number of hydrogen-bond acceptors (Lipinski definition) is 3. The van der Waals surface area contributed by atoms with Gasteiger partial charge in [-0.3, -0.25) is 0 Å². The first-order valence-electron chi connectivity index (χ1n) is 5.82. The molecular weight excluding hydrogens is 291 g/mol. The molecule has 0 radical (unpaired) electrons. The van der Waals surface area contributed by atoms with Gasteiger partial charge in [0.2, 0.25) is 0 Å². The molecule has 108 valence electrons. The summed E-state index contributed by atoms with van der Waals surface area (Å²) in [5, 5.41) is 20.9. The number of β-amino-alcohol motifs (C(OH)–C–C–N with tert-alkyl or cyclic N) is 1. The lowest BCUT2D eigenvalue weighted by Gasteiger charge is -2.21. The minimum Gasteiger partial charge on any atom is -0.480 e. The molecule has 0 unspecified atom stereocenters. The van der Waals surface area contributed by atoms with Gasteiger partial charge >= 0.3 is 12.0 Å². The van der Waals surface area contributed by atoms with Crippen molar-refractivity contribution in [3.05, 3.63) is 29.0 Å². The van der Waals surface area contributed by atoms with E-state index in [1.807, 2.05) is 0 Å². The van der Waals surface area contributed by atoms with E-state index in [9.17, 15) is 19.1 Å². The third kappa shape index (κ3) is 3.00. The van der Waals surface area contributed by atoms with E-state index >= 15 is 0 Å². The predicted molar refractivity (Wildman–Crippen MR) is 69.2 cm³/mol. The van der Waals surface area contributed by atoms with Crippen molar-refractivity contribution >= 4 is 29.3 Å². The molecule has 2 amide bonds. The van der Waals surface area contributed by atoms with Crippen molar-refractivity contribution in [3.63, 3.8) is 0 Å². The SMILES string of the molecule is O=C(O)[C@@H]1C[C@@H](O)CN1C(=O)Nc1ccc(F)cc1Cl. The van der Waals surface area contributed by atoms with Crippen LogP contribution in [0.4, 0.5) is 14.9 Å². The van der Waals surface area contributed by atoms with Gasteiger partial charge in [-0.15, -0.1) is 0 Å². The monoisotopic (exact) mass is 302 g/mol. The second-order valence-corrected chi connectivity index (χ2v) is 4.86. The standard InChI is InChI=1S/C12H12ClFN2O4/c13-8-3-6(14)1-2-9(8)15-12(20)16-5-7(17)4-10(16)11(18)19/h1-3,7,10,17H,4-5H2,(H,15,20)(H,18,19)/t7-,10+/m1/s1. The van der Waals surface area contributed by atoms with E-state index in [0.29, 0.717) is 0 Å². The smallest absolute Gasteiger partial charge is 0.326 e. The molecule has 0 aliphatic carbocycles. The highest BCUT2D eigenvalue weighted by Gasteiger charge is 2.39. The lowest BCUT2D eigenvalue weighted by molar-refractivity contribution is -0.141. The van der Waals surface area contributed by atoms with E-state index in [1.165, 1.54) is 6.07 Å². The molecule has 1 saturated heterocycles. The van der Waals surface area contributed by atoms with Crippen LogP contribution >= 0.6 is 11.6 Å². The second kappa shape index (κ2) is 5.64. The lowest BCUT2D eigenvalue weighted by Crippen LogP contribution is -2.43. The summed E-state index contributed by atoms with van der Waals surface area (Å²) in [5.74, 6) is -1.74. The molecule has 0 bridgehead atoms. The van der Waals surface area contributed by atoms with Gasteiger partial charge < -0.3 is 20.4 Å². The maximum absolute atomic E-state index is 12.9. The first kappa shape index (κ1) is 14.5. The van der Waals surface area contributed by atoms with Gasteiger partial charge in [-0.2, -0.15) is 0 Å². The molecule has 0 saturated carbocycles. The average molecular weight is 303 g/mol. The average Bonchev–Trinajstić information content (AvgIpc) is 2.75. The number of hydrogen-bond donors (Lipinski definition) is 3. The van der Waals surface area contributed by atoms with Crippen molar-refractivity contribution in [2.75, 3.05) is 11.9 Å². The van der Waals surface area contributed by atoms with Gasteiger partial charge in [0, 0.05) is 13.0 Å². The topological polar surface area (TPSA) is 89.9 Å². The zero-order chi connectivity index (χ0) is 14.9. The number of urea groups is 1. The normalized spacial score (nSPS) is 21.9. The molecule has 1 aliphatic rings. The van der Waals surface area contributed by atoms with Crippen molar-refractivity contribution in [1.29, 1.82) is 0 Å². The Labute approximate surface area is 118 Å². The summed E-state index contributed by atoms with van der Waals surface area (Å²) in [5.41, 5.74) is 0.170. The molecule has 1 fully saturated rings. The van der Waals surface area contributed by atoms with E-state index in [4.69, 9.17) is 16.7 Å². The number of halogens is 2. The van der Waals surface area contributed by atoms with Crippen LogP contribution in [0.3, 0.4) is 0 Å². The summed E-state index contributed by atoms with van der Waals surface area (Å²) in [6, 6.07) is 1.63. The van der Waals surface area contributed by atoms with Crippen LogP contribution < -0.4 is 5.32 Å². The molecule has 3 N–H and O–H groups in total. The Balaban J connectivity index is 2.13. The summed E-state index contributed by atoms with van der Waals surface area (Å²) in [4.78, 5) is 24.0. The zero-order valence-electron chi connectivity index (χ0n) is 10.2. The van der Waals surface area contributed by atoms with Crippen LogP contribution in [-0.2, 0) is 4.79 Å². The van der Waals surface area contributed by atoms with Crippen molar-refractivity contribution < 1.29 is 24.2 Å². The summed E-state index contributed by atoms with van der Waals surface area (Å²) >= 11 is 5.77. The fourth-order valence-electron chi connectivity index (χ4n) is 2.05. The Kier molecular flexibility index (Phi) is 4.10. The van der Waals surface area contributed by atoms with Gasteiger partial charge in [0.25, 0.3) is 0 Å². The number of amides is 2. The summed E-state index contributed by atoms with van der Waals surface area (Å²) in [6.45, 7) is -0.0817. The van der Waals surface area contributed by atoms with Crippen LogP contribution in [0.15, 0.2) is 18.2 Å². The summed E-state index contributed by atoms with van der Waals surface area (Å²) in [6.07, 6.45) is -0.912. The number of nitrogens with one attached hydrogen (secondary N) is 1. The Morgan fingerprint density at radius 3 is 2.75 bits per heavy atom. The van der Waals surface area contributed by atoms with Crippen LogP contribution in [0, 0.1) is 5.82 Å². The largest absolute Gasteiger partial charge is 0.480 e. The molecule has 20 heavy (non-hydrogen) atoms. The van der Waals surface area contributed by atoms with Crippen molar-refractivity contribution in [1.82, 2.24) is 4.90 Å². The number of aliphatic hydroxyl groups is 1. The number of likely N-dealkylation sites (tertiary alicyclic amines) is 1. The second-order valence-electron chi connectivity index (χ2n) is 4.45. The highest BCUT2D eigenvalue weighted by molar-refractivity contribution is 6.33. The number of aliphatic carboxylic acids is 1. The van der Waals surface area contributed by atoms with E-state index in [2.05, 4.69) is 5.32 Å². The van der Waals surface area contributed by atoms with Gasteiger partial charge in [-0.05, 0) is 18.2 Å². The number of carboxylic acid groups (broad SMARTS) is 1. The number of carboxylic acids is 1. The Morgan fingerprint density at radius 1 is 1.45 bits per heavy atom. The third-order valence-corrected chi connectivity index (χ3v) is 3.31. The van der Waals surface area contributed by atoms with Crippen molar-refractivity contribution in [2.45, 2.75) is 18.6 Å². The minimum absolute atomic E-state index is 0.00460. The van der Waals surface area contributed by atoms with E-state index in [1.54, 1.807) is 0 Å². The maximum Gasteiger partial charge on any atom is 0.326 e. The van der Waals surface area contributed by atoms with Crippen molar-refractivity contribution in [2.24, 2.45) is 0 Å². The number of carbonyl (C=O) groups excluding carboxylic acids is 1. The maximum atomic E-state index is 12.9. The zero-order valence-corrected chi connectivity index (χ0v) is 11.0. The number of anilines is 1. The third-order valence-electron chi connectivity index (χ3n) is 3.00. The molecule has 1 aromatic carbocycles. The lowest BCUT2D eigenvalue weighted by atomic mass is 10.2. The van der Waals surface area contributed by atoms with E-state index < -0.39 is 30.0 Å². The number of benzene rings is 1. The van der Waals surface area contributed by atoms with Crippen LogP contribution in [0.2, 0.25) is 5.02 Å². The van der Waals surface area contributed by atoms with Crippen LogP contribution in [0.25, 0.3) is 0 Å². The number of nitrogens with zero attached hydrogens (tertiary/aromatic N) is 1. The molecule has 2 atom stereocenters. The number of carbonyl (C=O) groups is 2. The summed E-state index contributed by atoms with van der Waals surface area (Å²) in [7, 11) is 0. The fraction of sp³-hybridized carbons (Fsp3) is 0.333. The molecule has 2 rings (SSSR count). The number of aliphatic hydroxyl groups excluding tert-OH is 1. The molecule has 1 heterocycles. The van der Waals surface area contributed by atoms with Crippen molar-refractivity contribution in [3.8, 4) is 0 Å². The van der Waals surface area contributed by atoms with Gasteiger partial charge in [0.1, 0.15) is 11.9 Å². The highest BCUT2D eigenvalue weighted by Crippen LogP contribution is 2.24. The molecule has 0 aromatic heterocycles. The van der Waals surface area contributed by atoms with Crippen LogP contribution in [-0.4, -0.2) is 45.8 Å². The molecule has 1 aliphatic heterocycles. The fourth-order valence-corrected chi connectivity index (χ4v) is 2.26. The van der Waals surface area contributed by atoms with E-state index in [-0.39, 0.29) is 23.7 Å². The van der Waals surface area contributed by atoms with Crippen LogP contribution in [0.5, 0.6) is 0 Å². The quantitative estimate of drug-likeness (QED) is 0.773. The first-order chi connectivity index (χ1) is 9.38. The molecule has 8 heteroatoms. The van der Waals surface area contributed by atoms with Gasteiger partial charge in [0.05, 0.1) is 16.8 Å². The minimum atomic E-state index is -1.19. The molecule has 6 nitrogen and oxygen atoms in total. The van der Waals surface area contributed by atoms with Gasteiger partial charge in [-0.1, -0.05) is 11.6 Å².